The van der Waals surface area contributed by atoms with Crippen molar-refractivity contribution in [2.75, 3.05) is 37.4 Å². The van der Waals surface area contributed by atoms with E-state index in [-0.39, 0.29) is 0 Å². The predicted molar refractivity (Wildman–Crippen MR) is 77.9 cm³/mol. The summed E-state index contributed by atoms with van der Waals surface area (Å²) in [4.78, 5) is 2.08. The number of nitriles is 1. The van der Waals surface area contributed by atoms with E-state index in [1.807, 2.05) is 18.2 Å². The summed E-state index contributed by atoms with van der Waals surface area (Å²) in [5.41, 5.74) is 7.71. The molecule has 92 valence electrons. The number of hydrogen-bond donors (Lipinski definition) is 1. The third-order valence-corrected chi connectivity index (χ3v) is 3.06. The average Bonchev–Trinajstić information content (AvgIpc) is 2.30. The number of nitrogens with two attached hydrogens (primary N) is 1. The number of rotatable bonds is 6. The van der Waals surface area contributed by atoms with Gasteiger partial charge >= 0.3 is 0 Å². The van der Waals surface area contributed by atoms with Crippen LogP contribution in [0.15, 0.2) is 18.2 Å². The van der Waals surface area contributed by atoms with Crippen LogP contribution < -0.4 is 10.6 Å². The first kappa shape index (κ1) is 14.1. The topological polar surface area (TPSA) is 62.3 Å². The number of anilines is 2. The van der Waals surface area contributed by atoms with Gasteiger partial charge in [-0.05, 0) is 40.8 Å². The molecule has 0 heterocycles. The van der Waals surface area contributed by atoms with Crippen LogP contribution in [0.4, 0.5) is 11.4 Å². The highest BCUT2D eigenvalue weighted by atomic mass is 127. The number of halogens is 1. The molecule has 0 aliphatic rings. The van der Waals surface area contributed by atoms with Crippen LogP contribution in [0.25, 0.3) is 0 Å². The molecule has 0 fully saturated rings. The van der Waals surface area contributed by atoms with Crippen LogP contribution in [0, 0.1) is 14.9 Å². The molecule has 0 radical (unpaired) electrons. The van der Waals surface area contributed by atoms with E-state index in [2.05, 4.69) is 33.6 Å². The number of methoxy groups -OCH3 is 1. The number of nitrogen functional groups attached to an aromatic ring is 1. The summed E-state index contributed by atoms with van der Waals surface area (Å²) in [5.74, 6) is 0. The first-order chi connectivity index (χ1) is 8.19. The lowest BCUT2D eigenvalue weighted by molar-refractivity contribution is 0.205. The molecule has 5 heteroatoms. The van der Waals surface area contributed by atoms with Crippen LogP contribution in [0.3, 0.4) is 0 Å². The molecular weight excluding hydrogens is 329 g/mol. The Morgan fingerprint density at radius 1 is 1.47 bits per heavy atom. The van der Waals surface area contributed by atoms with Gasteiger partial charge in [-0.1, -0.05) is 0 Å². The van der Waals surface area contributed by atoms with Crippen molar-refractivity contribution in [3.8, 4) is 6.07 Å². The number of benzene rings is 1. The van der Waals surface area contributed by atoms with Gasteiger partial charge in [0.1, 0.15) is 0 Å². The van der Waals surface area contributed by atoms with Gasteiger partial charge in [0.05, 0.1) is 30.5 Å². The fourth-order valence-corrected chi connectivity index (χ4v) is 2.07. The average molecular weight is 345 g/mol. The van der Waals surface area contributed by atoms with Gasteiger partial charge in [-0.15, -0.1) is 0 Å². The molecule has 1 rings (SSSR count). The van der Waals surface area contributed by atoms with Crippen LogP contribution in [-0.2, 0) is 4.74 Å². The maximum Gasteiger partial charge on any atom is 0.0640 e. The summed E-state index contributed by atoms with van der Waals surface area (Å²) in [7, 11) is 1.67. The summed E-state index contributed by atoms with van der Waals surface area (Å²) >= 11 is 2.23. The van der Waals surface area contributed by atoms with Crippen LogP contribution in [0.2, 0.25) is 0 Å². The largest absolute Gasteiger partial charge is 0.397 e. The maximum atomic E-state index is 8.66. The molecule has 0 spiro atoms. The van der Waals surface area contributed by atoms with E-state index >= 15 is 0 Å². The molecule has 4 nitrogen and oxygen atoms in total. The van der Waals surface area contributed by atoms with E-state index in [4.69, 9.17) is 15.7 Å². The summed E-state index contributed by atoms with van der Waals surface area (Å²) < 4.78 is 6.18. The highest BCUT2D eigenvalue weighted by molar-refractivity contribution is 14.1. The van der Waals surface area contributed by atoms with Crippen molar-refractivity contribution in [1.82, 2.24) is 0 Å². The van der Waals surface area contributed by atoms with Gasteiger partial charge in [0.25, 0.3) is 0 Å². The fraction of sp³-hybridized carbons (Fsp3) is 0.417. The lowest BCUT2D eigenvalue weighted by Crippen LogP contribution is -2.28. The third kappa shape index (κ3) is 4.40. The molecule has 0 aliphatic heterocycles. The van der Waals surface area contributed by atoms with E-state index in [0.717, 1.165) is 21.5 Å². The zero-order chi connectivity index (χ0) is 12.7. The van der Waals surface area contributed by atoms with Gasteiger partial charge in [-0.25, -0.2) is 0 Å². The number of ether oxygens (including phenoxy) is 1. The molecule has 0 saturated carbocycles. The standard InChI is InChI=1S/C12H16IN3O/c1-17-8-7-16(6-2-5-14)12-4-3-10(13)9-11(12)15/h3-4,9H,2,6-8,15H2,1H3. The maximum absolute atomic E-state index is 8.66. The molecule has 0 aliphatic carbocycles. The Hall–Kier alpha value is -1.00. The highest BCUT2D eigenvalue weighted by Crippen LogP contribution is 2.25. The lowest BCUT2D eigenvalue weighted by atomic mass is 10.2. The van der Waals surface area contributed by atoms with Crippen molar-refractivity contribution in [2.45, 2.75) is 6.42 Å². The summed E-state index contributed by atoms with van der Waals surface area (Å²) in [6, 6.07) is 8.09. The van der Waals surface area contributed by atoms with Crippen molar-refractivity contribution < 1.29 is 4.74 Å². The van der Waals surface area contributed by atoms with Crippen molar-refractivity contribution in [3.05, 3.63) is 21.8 Å². The second-order valence-electron chi connectivity index (χ2n) is 3.59. The SMILES string of the molecule is COCCN(CCC#N)c1ccc(I)cc1N. The lowest BCUT2D eigenvalue weighted by Gasteiger charge is -2.25. The Morgan fingerprint density at radius 3 is 2.82 bits per heavy atom. The van der Waals surface area contributed by atoms with Gasteiger partial charge in [0.15, 0.2) is 0 Å². The van der Waals surface area contributed by atoms with Gasteiger partial charge in [-0.3, -0.25) is 0 Å². The van der Waals surface area contributed by atoms with Gasteiger partial charge in [0.2, 0.25) is 0 Å². The number of hydrogen-bond acceptors (Lipinski definition) is 4. The molecule has 0 amide bonds. The monoisotopic (exact) mass is 345 g/mol. The Bertz CT molecular complexity index is 403. The smallest absolute Gasteiger partial charge is 0.0640 e. The summed E-state index contributed by atoms with van der Waals surface area (Å²) in [6.07, 6.45) is 0.481. The Balaban J connectivity index is 2.83. The summed E-state index contributed by atoms with van der Waals surface area (Å²) in [5, 5.41) is 8.66. The molecule has 1 aromatic rings. The Kier molecular flexibility index (Phi) is 6.08. The van der Waals surface area contributed by atoms with Gasteiger partial charge < -0.3 is 15.4 Å². The van der Waals surface area contributed by atoms with E-state index in [9.17, 15) is 0 Å². The first-order valence-electron chi connectivity index (χ1n) is 5.35. The molecule has 1 aromatic carbocycles. The third-order valence-electron chi connectivity index (χ3n) is 2.39. The van der Waals surface area contributed by atoms with Gasteiger partial charge in [0, 0.05) is 23.8 Å². The molecule has 0 bridgehead atoms. The van der Waals surface area contributed by atoms with Crippen molar-refractivity contribution in [1.29, 1.82) is 5.26 Å². The van der Waals surface area contributed by atoms with Crippen LogP contribution in [0.5, 0.6) is 0 Å². The Labute approximate surface area is 115 Å². The van der Waals surface area contributed by atoms with E-state index in [1.54, 1.807) is 7.11 Å². The molecule has 0 aromatic heterocycles. The zero-order valence-electron chi connectivity index (χ0n) is 9.82. The molecule has 17 heavy (non-hydrogen) atoms. The number of nitrogens with zero attached hydrogens (tertiary/aromatic N) is 2. The second-order valence-corrected chi connectivity index (χ2v) is 4.84. The predicted octanol–water partition coefficient (Wildman–Crippen LogP) is 2.24. The second kappa shape index (κ2) is 7.35. The Morgan fingerprint density at radius 2 is 2.24 bits per heavy atom. The normalized spacial score (nSPS) is 9.94. The van der Waals surface area contributed by atoms with E-state index in [0.29, 0.717) is 19.6 Å². The minimum atomic E-state index is 0.481. The first-order valence-corrected chi connectivity index (χ1v) is 6.42. The highest BCUT2D eigenvalue weighted by Gasteiger charge is 2.09. The van der Waals surface area contributed by atoms with Gasteiger partial charge in [-0.2, -0.15) is 5.26 Å². The minimum Gasteiger partial charge on any atom is -0.397 e. The molecule has 0 unspecified atom stereocenters. The van der Waals surface area contributed by atoms with Crippen molar-refractivity contribution >= 4 is 34.0 Å². The van der Waals surface area contributed by atoms with Crippen molar-refractivity contribution in [3.63, 3.8) is 0 Å². The summed E-state index contributed by atoms with van der Waals surface area (Å²) in [6.45, 7) is 2.03. The zero-order valence-corrected chi connectivity index (χ0v) is 12.0. The fourth-order valence-electron chi connectivity index (χ4n) is 1.55. The quantitative estimate of drug-likeness (QED) is 0.635. The van der Waals surface area contributed by atoms with Crippen LogP contribution in [0.1, 0.15) is 6.42 Å². The van der Waals surface area contributed by atoms with Crippen LogP contribution >= 0.6 is 22.6 Å². The van der Waals surface area contributed by atoms with Crippen molar-refractivity contribution in [2.24, 2.45) is 0 Å². The minimum absolute atomic E-state index is 0.481. The molecular formula is C12H16IN3O. The molecule has 0 saturated heterocycles. The van der Waals surface area contributed by atoms with E-state index < -0.39 is 0 Å². The van der Waals surface area contributed by atoms with Crippen LogP contribution in [-0.4, -0.2) is 26.8 Å². The molecule has 2 N–H and O–H groups in total. The van der Waals surface area contributed by atoms with E-state index in [1.165, 1.54) is 0 Å². The molecule has 0 atom stereocenters.